The molecule has 1 aromatic rings. The van der Waals surface area contributed by atoms with Crippen LogP contribution in [-0.2, 0) is 6.42 Å². The number of carbonyl (C=O) groups excluding carboxylic acids is 1. The van der Waals surface area contributed by atoms with E-state index in [0.717, 1.165) is 49.1 Å². The molecule has 1 heterocycles. The van der Waals surface area contributed by atoms with Gasteiger partial charge in [0.25, 0.3) is 5.91 Å². The van der Waals surface area contributed by atoms with Crippen molar-refractivity contribution in [3.8, 4) is 0 Å². The number of rotatable bonds is 4. The van der Waals surface area contributed by atoms with Crippen LogP contribution in [0.4, 0.5) is 0 Å². The average molecular weight is 267 g/mol. The largest absolute Gasteiger partial charge is 0.393 e. The van der Waals surface area contributed by atoms with Gasteiger partial charge in [-0.25, -0.2) is 0 Å². The van der Waals surface area contributed by atoms with Crippen LogP contribution in [0.5, 0.6) is 0 Å². The normalized spacial score (nSPS) is 23.9. The zero-order valence-electron chi connectivity index (χ0n) is 10.8. The molecule has 1 aliphatic rings. The smallest absolute Gasteiger partial charge is 0.261 e. The number of hydrogen-bond donors (Lipinski definition) is 2. The summed E-state index contributed by atoms with van der Waals surface area (Å²) in [5.74, 6) is 0.593. The minimum Gasteiger partial charge on any atom is -0.393 e. The number of amides is 1. The summed E-state index contributed by atoms with van der Waals surface area (Å²) in [5, 5.41) is 14.4. The lowest BCUT2D eigenvalue weighted by Crippen LogP contribution is -2.32. The van der Waals surface area contributed by atoms with Crippen molar-refractivity contribution in [3.63, 3.8) is 0 Å². The molecule has 100 valence electrons. The van der Waals surface area contributed by atoms with Crippen molar-refractivity contribution in [3.05, 3.63) is 21.9 Å². The van der Waals surface area contributed by atoms with Crippen molar-refractivity contribution in [1.82, 2.24) is 5.32 Å². The third-order valence-corrected chi connectivity index (χ3v) is 4.66. The molecule has 1 fully saturated rings. The van der Waals surface area contributed by atoms with Gasteiger partial charge in [0.1, 0.15) is 0 Å². The fourth-order valence-corrected chi connectivity index (χ4v) is 3.39. The SMILES string of the molecule is CCc1ccsc1C(=O)NCC1CCC(O)CC1. The maximum absolute atomic E-state index is 12.0. The molecule has 0 spiro atoms. The molecule has 0 atom stereocenters. The molecule has 0 radical (unpaired) electrons. The highest BCUT2D eigenvalue weighted by molar-refractivity contribution is 7.12. The van der Waals surface area contributed by atoms with E-state index in [0.29, 0.717) is 5.92 Å². The number of nitrogens with one attached hydrogen (secondary N) is 1. The Morgan fingerprint density at radius 1 is 1.44 bits per heavy atom. The first-order valence-electron chi connectivity index (χ1n) is 6.73. The van der Waals surface area contributed by atoms with Crippen LogP contribution >= 0.6 is 11.3 Å². The lowest BCUT2D eigenvalue weighted by Gasteiger charge is -2.25. The summed E-state index contributed by atoms with van der Waals surface area (Å²) in [6, 6.07) is 2.02. The van der Waals surface area contributed by atoms with Crippen molar-refractivity contribution in [2.24, 2.45) is 5.92 Å². The minimum absolute atomic E-state index is 0.0629. The van der Waals surface area contributed by atoms with E-state index in [4.69, 9.17) is 0 Å². The third kappa shape index (κ3) is 3.33. The summed E-state index contributed by atoms with van der Waals surface area (Å²) in [4.78, 5) is 12.9. The molecule has 1 saturated carbocycles. The van der Waals surface area contributed by atoms with Gasteiger partial charge in [-0.3, -0.25) is 4.79 Å². The molecule has 1 amide bonds. The Morgan fingerprint density at radius 3 is 2.83 bits per heavy atom. The van der Waals surface area contributed by atoms with Crippen LogP contribution in [0.3, 0.4) is 0 Å². The van der Waals surface area contributed by atoms with Crippen LogP contribution in [0.2, 0.25) is 0 Å². The van der Waals surface area contributed by atoms with Crippen LogP contribution in [-0.4, -0.2) is 23.7 Å². The van der Waals surface area contributed by atoms with Crippen LogP contribution < -0.4 is 5.32 Å². The first-order valence-corrected chi connectivity index (χ1v) is 7.61. The molecular formula is C14H21NO2S. The molecule has 4 heteroatoms. The molecule has 1 aromatic heterocycles. The Morgan fingerprint density at radius 2 is 2.17 bits per heavy atom. The zero-order chi connectivity index (χ0) is 13.0. The van der Waals surface area contributed by atoms with E-state index in [9.17, 15) is 9.90 Å². The van der Waals surface area contributed by atoms with Crippen molar-refractivity contribution in [1.29, 1.82) is 0 Å². The average Bonchev–Trinajstić information content (AvgIpc) is 2.86. The third-order valence-electron chi connectivity index (χ3n) is 3.70. The van der Waals surface area contributed by atoms with Gasteiger partial charge in [-0.05, 0) is 55.0 Å². The molecule has 0 bridgehead atoms. The number of carbonyl (C=O) groups is 1. The highest BCUT2D eigenvalue weighted by atomic mass is 32.1. The van der Waals surface area contributed by atoms with Gasteiger partial charge < -0.3 is 10.4 Å². The molecule has 0 aliphatic heterocycles. The van der Waals surface area contributed by atoms with E-state index in [1.54, 1.807) is 0 Å². The molecule has 2 rings (SSSR count). The second-order valence-electron chi connectivity index (χ2n) is 5.01. The lowest BCUT2D eigenvalue weighted by atomic mass is 9.87. The number of aliphatic hydroxyl groups excluding tert-OH is 1. The zero-order valence-corrected chi connectivity index (χ0v) is 11.6. The molecule has 0 unspecified atom stereocenters. The van der Waals surface area contributed by atoms with Crippen LogP contribution in [0, 0.1) is 5.92 Å². The van der Waals surface area contributed by atoms with Gasteiger partial charge >= 0.3 is 0 Å². The lowest BCUT2D eigenvalue weighted by molar-refractivity contribution is 0.0913. The number of hydrogen-bond acceptors (Lipinski definition) is 3. The van der Waals surface area contributed by atoms with Crippen LogP contribution in [0.1, 0.15) is 47.8 Å². The van der Waals surface area contributed by atoms with Gasteiger partial charge in [0.05, 0.1) is 11.0 Å². The van der Waals surface area contributed by atoms with Gasteiger partial charge in [-0.1, -0.05) is 6.92 Å². The van der Waals surface area contributed by atoms with Crippen molar-refractivity contribution in [2.75, 3.05) is 6.54 Å². The van der Waals surface area contributed by atoms with Gasteiger partial charge in [-0.15, -0.1) is 11.3 Å². The maximum atomic E-state index is 12.0. The topological polar surface area (TPSA) is 49.3 Å². The predicted octanol–water partition coefficient (Wildman–Crippen LogP) is 2.59. The number of thiophene rings is 1. The Labute approximate surface area is 112 Å². The molecule has 0 aromatic carbocycles. The fraction of sp³-hybridized carbons (Fsp3) is 0.643. The molecule has 2 N–H and O–H groups in total. The van der Waals surface area contributed by atoms with Crippen molar-refractivity contribution < 1.29 is 9.90 Å². The van der Waals surface area contributed by atoms with E-state index in [1.807, 2.05) is 11.4 Å². The van der Waals surface area contributed by atoms with Gasteiger partial charge in [-0.2, -0.15) is 0 Å². The number of aliphatic hydroxyl groups is 1. The standard InChI is InChI=1S/C14H21NO2S/c1-2-11-7-8-18-13(11)14(17)15-9-10-3-5-12(16)6-4-10/h7-8,10,12,16H,2-6,9H2,1H3,(H,15,17). The van der Waals surface area contributed by atoms with Gasteiger partial charge in [0, 0.05) is 6.54 Å². The molecule has 1 aliphatic carbocycles. The number of aryl methyl sites for hydroxylation is 1. The van der Waals surface area contributed by atoms with Crippen LogP contribution in [0.15, 0.2) is 11.4 Å². The summed E-state index contributed by atoms with van der Waals surface area (Å²) >= 11 is 1.52. The molecule has 0 saturated heterocycles. The van der Waals surface area contributed by atoms with E-state index < -0.39 is 0 Å². The molecule has 3 nitrogen and oxygen atoms in total. The van der Waals surface area contributed by atoms with Gasteiger partial charge in [0.2, 0.25) is 0 Å². The van der Waals surface area contributed by atoms with Crippen LogP contribution in [0.25, 0.3) is 0 Å². The van der Waals surface area contributed by atoms with Crippen molar-refractivity contribution in [2.45, 2.75) is 45.1 Å². The molecule has 18 heavy (non-hydrogen) atoms. The maximum Gasteiger partial charge on any atom is 0.261 e. The van der Waals surface area contributed by atoms with E-state index in [1.165, 1.54) is 11.3 Å². The fourth-order valence-electron chi connectivity index (χ4n) is 2.48. The Bertz CT molecular complexity index is 394. The first kappa shape index (κ1) is 13.6. The Hall–Kier alpha value is -0.870. The summed E-state index contributed by atoms with van der Waals surface area (Å²) in [6.07, 6.45) is 4.57. The predicted molar refractivity (Wildman–Crippen MR) is 74.0 cm³/mol. The molecular weight excluding hydrogens is 246 g/mol. The van der Waals surface area contributed by atoms with Gasteiger partial charge in [0.15, 0.2) is 0 Å². The summed E-state index contributed by atoms with van der Waals surface area (Å²) in [5.41, 5.74) is 1.14. The monoisotopic (exact) mass is 267 g/mol. The summed E-state index contributed by atoms with van der Waals surface area (Å²) < 4.78 is 0. The Kier molecular flexibility index (Phi) is 4.78. The quantitative estimate of drug-likeness (QED) is 0.881. The van der Waals surface area contributed by atoms with E-state index >= 15 is 0 Å². The minimum atomic E-state index is -0.124. The van der Waals surface area contributed by atoms with E-state index in [-0.39, 0.29) is 12.0 Å². The second-order valence-corrected chi connectivity index (χ2v) is 5.93. The van der Waals surface area contributed by atoms with E-state index in [2.05, 4.69) is 12.2 Å². The highest BCUT2D eigenvalue weighted by Crippen LogP contribution is 2.24. The van der Waals surface area contributed by atoms with Crippen molar-refractivity contribution >= 4 is 17.2 Å². The summed E-state index contributed by atoms with van der Waals surface area (Å²) in [7, 11) is 0. The first-order chi connectivity index (χ1) is 8.70. The Balaban J connectivity index is 1.81. The second kappa shape index (κ2) is 6.34. The summed E-state index contributed by atoms with van der Waals surface area (Å²) in [6.45, 7) is 2.81. The highest BCUT2D eigenvalue weighted by Gasteiger charge is 2.20.